The molecule has 0 aromatic carbocycles. The van der Waals surface area contributed by atoms with Crippen LogP contribution in [0.25, 0.3) is 0 Å². The molecule has 0 aromatic rings. The monoisotopic (exact) mass is 363 g/mol. The summed E-state index contributed by atoms with van der Waals surface area (Å²) < 4.78 is 25.8. The van der Waals surface area contributed by atoms with Crippen molar-refractivity contribution in [3.63, 3.8) is 0 Å². The third kappa shape index (κ3) is 14.7. The maximum Gasteiger partial charge on any atom is 0.410 e. The van der Waals surface area contributed by atoms with Gasteiger partial charge in [0.2, 0.25) is 0 Å². The van der Waals surface area contributed by atoms with Crippen molar-refractivity contribution in [1.82, 2.24) is 4.90 Å². The first-order valence-corrected chi connectivity index (χ1v) is 8.58. The molecule has 0 aliphatic rings. The molecule has 0 N–H and O–H groups in total. The van der Waals surface area contributed by atoms with Crippen molar-refractivity contribution < 1.29 is 33.3 Å². The third-order valence-corrected chi connectivity index (χ3v) is 2.86. The van der Waals surface area contributed by atoms with Crippen LogP contribution in [0.5, 0.6) is 0 Å². The average Bonchev–Trinajstić information content (AvgIpc) is 2.53. The van der Waals surface area contributed by atoms with Crippen molar-refractivity contribution in [2.45, 2.75) is 39.7 Å². The summed E-state index contributed by atoms with van der Waals surface area (Å²) in [6.45, 7) is 10.7. The Morgan fingerprint density at radius 1 is 0.920 bits per heavy atom. The van der Waals surface area contributed by atoms with Crippen LogP contribution in [-0.2, 0) is 28.5 Å². The second-order valence-electron chi connectivity index (χ2n) is 6.25. The Morgan fingerprint density at radius 2 is 1.48 bits per heavy atom. The van der Waals surface area contributed by atoms with Crippen LogP contribution >= 0.6 is 0 Å². The average molecular weight is 363 g/mol. The molecule has 0 saturated carbocycles. The zero-order valence-electron chi connectivity index (χ0n) is 16.2. The highest BCUT2D eigenvalue weighted by Crippen LogP contribution is 2.10. The number of carbonyl (C=O) groups is 2. The maximum atomic E-state index is 12.1. The molecule has 0 fully saturated rings. The van der Waals surface area contributed by atoms with Crippen molar-refractivity contribution in [1.29, 1.82) is 0 Å². The van der Waals surface area contributed by atoms with Crippen molar-refractivity contribution in [2.75, 3.05) is 59.8 Å². The summed E-state index contributed by atoms with van der Waals surface area (Å²) in [7, 11) is 1.28. The van der Waals surface area contributed by atoms with E-state index in [0.29, 0.717) is 52.6 Å². The molecule has 0 heterocycles. The number of hydrogen-bond acceptors (Lipinski definition) is 7. The van der Waals surface area contributed by atoms with Crippen LogP contribution < -0.4 is 0 Å². The van der Waals surface area contributed by atoms with Gasteiger partial charge in [-0.2, -0.15) is 0 Å². The Kier molecular flexibility index (Phi) is 13.1. The van der Waals surface area contributed by atoms with E-state index in [1.165, 1.54) is 12.0 Å². The first-order valence-electron chi connectivity index (χ1n) is 8.58. The SMILES string of the molecule is CCOCCOCCOCCCN(CC(=O)OC)C(=O)OC(C)(C)C. The Balaban J connectivity index is 3.98. The fourth-order valence-corrected chi connectivity index (χ4v) is 1.72. The predicted molar refractivity (Wildman–Crippen MR) is 92.6 cm³/mol. The van der Waals surface area contributed by atoms with Gasteiger partial charge in [0.1, 0.15) is 12.1 Å². The Bertz CT molecular complexity index is 368. The first kappa shape index (κ1) is 23.6. The minimum atomic E-state index is -0.624. The van der Waals surface area contributed by atoms with Crippen LogP contribution in [-0.4, -0.2) is 82.4 Å². The van der Waals surface area contributed by atoms with Crippen LogP contribution in [0, 0.1) is 0 Å². The standard InChI is InChI=1S/C17H33NO7/c1-6-22-10-11-24-13-12-23-9-7-8-18(14-15(19)21-5)16(20)25-17(2,3)4/h6-14H2,1-5H3. The molecule has 0 atom stereocenters. The molecular weight excluding hydrogens is 330 g/mol. The number of amides is 1. The molecule has 0 bridgehead atoms. The lowest BCUT2D eigenvalue weighted by molar-refractivity contribution is -0.141. The van der Waals surface area contributed by atoms with Crippen molar-refractivity contribution in [3.8, 4) is 0 Å². The number of esters is 1. The predicted octanol–water partition coefficient (Wildman–Crippen LogP) is 1.86. The fraction of sp³-hybridized carbons (Fsp3) is 0.882. The number of methoxy groups -OCH3 is 1. The zero-order valence-corrected chi connectivity index (χ0v) is 16.2. The highest BCUT2D eigenvalue weighted by molar-refractivity contribution is 5.78. The van der Waals surface area contributed by atoms with Gasteiger partial charge >= 0.3 is 12.1 Å². The van der Waals surface area contributed by atoms with E-state index in [1.807, 2.05) is 6.92 Å². The minimum absolute atomic E-state index is 0.147. The summed E-state index contributed by atoms with van der Waals surface area (Å²) in [6, 6.07) is 0. The van der Waals surface area contributed by atoms with Crippen LogP contribution in [0.1, 0.15) is 34.1 Å². The van der Waals surface area contributed by atoms with Crippen LogP contribution in [0.15, 0.2) is 0 Å². The summed E-state index contributed by atoms with van der Waals surface area (Å²) in [5.74, 6) is -0.491. The van der Waals surface area contributed by atoms with Gasteiger partial charge in [0, 0.05) is 19.8 Å². The number of carbonyl (C=O) groups excluding carboxylic acids is 2. The van der Waals surface area contributed by atoms with E-state index >= 15 is 0 Å². The van der Waals surface area contributed by atoms with Gasteiger partial charge in [0.25, 0.3) is 0 Å². The van der Waals surface area contributed by atoms with Crippen LogP contribution in [0.4, 0.5) is 4.79 Å². The van der Waals surface area contributed by atoms with E-state index < -0.39 is 17.7 Å². The summed E-state index contributed by atoms with van der Waals surface area (Å²) in [6.07, 6.45) is 0.0343. The van der Waals surface area contributed by atoms with Crippen molar-refractivity contribution in [2.24, 2.45) is 0 Å². The highest BCUT2D eigenvalue weighted by atomic mass is 16.6. The Labute approximate surface area is 150 Å². The molecule has 0 saturated heterocycles. The molecule has 0 aliphatic heterocycles. The molecule has 1 amide bonds. The van der Waals surface area contributed by atoms with Gasteiger partial charge in [-0.25, -0.2) is 4.79 Å². The number of ether oxygens (including phenoxy) is 5. The van der Waals surface area contributed by atoms with Crippen LogP contribution in [0.3, 0.4) is 0 Å². The van der Waals surface area contributed by atoms with E-state index in [-0.39, 0.29) is 6.54 Å². The lowest BCUT2D eigenvalue weighted by atomic mass is 10.2. The minimum Gasteiger partial charge on any atom is -0.468 e. The molecule has 148 valence electrons. The van der Waals surface area contributed by atoms with E-state index in [9.17, 15) is 9.59 Å². The Morgan fingerprint density at radius 3 is 2.00 bits per heavy atom. The number of rotatable bonds is 13. The van der Waals surface area contributed by atoms with Gasteiger partial charge in [-0.15, -0.1) is 0 Å². The molecule has 0 unspecified atom stereocenters. The molecule has 0 spiro atoms. The van der Waals surface area contributed by atoms with Gasteiger partial charge in [-0.3, -0.25) is 9.69 Å². The fourth-order valence-electron chi connectivity index (χ4n) is 1.72. The maximum absolute atomic E-state index is 12.1. The molecule has 0 aromatic heterocycles. The quantitative estimate of drug-likeness (QED) is 0.365. The van der Waals surface area contributed by atoms with Gasteiger partial charge in [-0.1, -0.05) is 0 Å². The smallest absolute Gasteiger partial charge is 0.410 e. The normalized spacial score (nSPS) is 11.2. The molecule has 8 nitrogen and oxygen atoms in total. The summed E-state index contributed by atoms with van der Waals surface area (Å²) in [5.41, 5.74) is -0.624. The lowest BCUT2D eigenvalue weighted by Gasteiger charge is -2.26. The van der Waals surface area contributed by atoms with E-state index in [1.54, 1.807) is 20.8 Å². The molecular formula is C17H33NO7. The van der Waals surface area contributed by atoms with Gasteiger partial charge in [0.15, 0.2) is 0 Å². The van der Waals surface area contributed by atoms with Crippen molar-refractivity contribution in [3.05, 3.63) is 0 Å². The molecule has 0 rings (SSSR count). The molecule has 0 aliphatic carbocycles. The van der Waals surface area contributed by atoms with E-state index in [0.717, 1.165) is 0 Å². The summed E-state index contributed by atoms with van der Waals surface area (Å²) in [5, 5.41) is 0. The van der Waals surface area contributed by atoms with Crippen LogP contribution in [0.2, 0.25) is 0 Å². The van der Waals surface area contributed by atoms with Gasteiger partial charge < -0.3 is 23.7 Å². The van der Waals surface area contributed by atoms with Gasteiger partial charge in [0.05, 0.1) is 33.5 Å². The van der Waals surface area contributed by atoms with Gasteiger partial charge in [-0.05, 0) is 34.1 Å². The highest BCUT2D eigenvalue weighted by Gasteiger charge is 2.23. The van der Waals surface area contributed by atoms with E-state index in [4.69, 9.17) is 18.9 Å². The first-order chi connectivity index (χ1) is 11.8. The van der Waals surface area contributed by atoms with Crippen molar-refractivity contribution >= 4 is 12.1 Å². The summed E-state index contributed by atoms with van der Waals surface area (Å²) >= 11 is 0. The second-order valence-corrected chi connectivity index (χ2v) is 6.25. The third-order valence-electron chi connectivity index (χ3n) is 2.86. The number of nitrogens with zero attached hydrogens (tertiary/aromatic N) is 1. The zero-order chi connectivity index (χ0) is 19.1. The second kappa shape index (κ2) is 13.9. The van der Waals surface area contributed by atoms with E-state index in [2.05, 4.69) is 4.74 Å². The topological polar surface area (TPSA) is 83.5 Å². The Hall–Kier alpha value is -1.38. The number of hydrogen-bond donors (Lipinski definition) is 0. The summed E-state index contributed by atoms with van der Waals surface area (Å²) in [4.78, 5) is 24.9. The lowest BCUT2D eigenvalue weighted by Crippen LogP contribution is -2.41. The largest absolute Gasteiger partial charge is 0.468 e. The molecule has 25 heavy (non-hydrogen) atoms. The molecule has 0 radical (unpaired) electrons. The molecule has 8 heteroatoms.